The van der Waals surface area contributed by atoms with Gasteiger partial charge in [-0.15, -0.1) is 0 Å². The van der Waals surface area contributed by atoms with Crippen LogP contribution in [0.2, 0.25) is 0 Å². The molecular weight excluding hydrogens is 398 g/mol. The fourth-order valence-electron chi connectivity index (χ4n) is 3.49. The van der Waals surface area contributed by atoms with E-state index in [1.54, 1.807) is 0 Å². The Bertz CT molecular complexity index is 1190. The minimum atomic E-state index is -4.37. The molecule has 0 amide bonds. The molecule has 4 nitrogen and oxygen atoms in total. The van der Waals surface area contributed by atoms with Crippen molar-refractivity contribution in [1.29, 1.82) is 0 Å². The molecule has 0 saturated carbocycles. The molecule has 0 spiro atoms. The highest BCUT2D eigenvalue weighted by Gasteiger charge is 2.44. The standard InChI is InChI=1S/C19H15F4NO3S/c1-19(18(22)23)17-12(7-8-24-19)11-6-5-10(9-14(11)27-17)28(25,26)15-4-2-3-13(20)16(15)21/h2-6,9,18,24H,7-8H2,1H3. The van der Waals surface area contributed by atoms with Crippen LogP contribution in [0.5, 0.6) is 0 Å². The van der Waals surface area contributed by atoms with Gasteiger partial charge in [0, 0.05) is 23.6 Å². The highest BCUT2D eigenvalue weighted by Crippen LogP contribution is 2.40. The van der Waals surface area contributed by atoms with Crippen LogP contribution in [0.4, 0.5) is 17.6 Å². The van der Waals surface area contributed by atoms with Gasteiger partial charge in [-0.05, 0) is 37.6 Å². The molecule has 1 aliphatic heterocycles. The molecule has 2 aromatic carbocycles. The zero-order chi connectivity index (χ0) is 20.3. The monoisotopic (exact) mass is 413 g/mol. The highest BCUT2D eigenvalue weighted by molar-refractivity contribution is 7.91. The summed E-state index contributed by atoms with van der Waals surface area (Å²) >= 11 is 0. The van der Waals surface area contributed by atoms with Gasteiger partial charge in [0.2, 0.25) is 9.84 Å². The van der Waals surface area contributed by atoms with E-state index in [2.05, 4.69) is 5.32 Å². The second-order valence-electron chi connectivity index (χ2n) is 6.80. The topological polar surface area (TPSA) is 59.3 Å². The first-order chi connectivity index (χ1) is 13.2. The van der Waals surface area contributed by atoms with Crippen molar-refractivity contribution in [1.82, 2.24) is 5.32 Å². The molecule has 0 radical (unpaired) electrons. The van der Waals surface area contributed by atoms with Gasteiger partial charge in [0.05, 0.1) is 4.90 Å². The molecule has 3 aromatic rings. The van der Waals surface area contributed by atoms with E-state index in [9.17, 15) is 26.0 Å². The third kappa shape index (κ3) is 2.64. The van der Waals surface area contributed by atoms with Crippen LogP contribution >= 0.6 is 0 Å². The fraction of sp³-hybridized carbons (Fsp3) is 0.263. The highest BCUT2D eigenvalue weighted by atomic mass is 32.2. The summed E-state index contributed by atoms with van der Waals surface area (Å²) in [6.45, 7) is 1.63. The summed E-state index contributed by atoms with van der Waals surface area (Å²) in [5.74, 6) is -2.71. The summed E-state index contributed by atoms with van der Waals surface area (Å²) in [5.41, 5.74) is -1.02. The molecule has 1 aromatic heterocycles. The van der Waals surface area contributed by atoms with E-state index < -0.39 is 38.3 Å². The number of halogens is 4. The predicted molar refractivity (Wildman–Crippen MR) is 93.1 cm³/mol. The molecule has 1 atom stereocenters. The SMILES string of the molecule is CC1(C(F)F)NCCc2c1oc1cc(S(=O)(=O)c3cccc(F)c3F)ccc21. The summed E-state index contributed by atoms with van der Waals surface area (Å²) in [4.78, 5) is -1.12. The second kappa shape index (κ2) is 6.31. The molecule has 0 bridgehead atoms. The normalized spacial score (nSPS) is 19.9. The lowest BCUT2D eigenvalue weighted by molar-refractivity contribution is 0.0220. The van der Waals surface area contributed by atoms with Gasteiger partial charge in [-0.3, -0.25) is 5.32 Å². The van der Waals surface area contributed by atoms with Gasteiger partial charge in [0.25, 0.3) is 6.43 Å². The Morgan fingerprint density at radius 3 is 2.64 bits per heavy atom. The molecule has 1 N–H and O–H groups in total. The number of alkyl halides is 2. The summed E-state index contributed by atoms with van der Waals surface area (Å²) in [5, 5.41) is 3.26. The number of sulfone groups is 1. The van der Waals surface area contributed by atoms with Gasteiger partial charge in [-0.1, -0.05) is 6.07 Å². The van der Waals surface area contributed by atoms with E-state index in [1.165, 1.54) is 19.1 Å². The maximum Gasteiger partial charge on any atom is 0.263 e. The predicted octanol–water partition coefficient (Wildman–Crippen LogP) is 4.17. The van der Waals surface area contributed by atoms with Gasteiger partial charge in [0.15, 0.2) is 11.6 Å². The zero-order valence-electron chi connectivity index (χ0n) is 14.6. The van der Waals surface area contributed by atoms with Gasteiger partial charge >= 0.3 is 0 Å². The van der Waals surface area contributed by atoms with Crippen molar-refractivity contribution in [3.05, 3.63) is 59.4 Å². The molecule has 148 valence electrons. The van der Waals surface area contributed by atoms with Crippen LogP contribution in [-0.4, -0.2) is 21.4 Å². The third-order valence-corrected chi connectivity index (χ3v) is 6.82. The largest absolute Gasteiger partial charge is 0.459 e. The molecule has 1 aliphatic rings. The molecule has 0 aliphatic carbocycles. The summed E-state index contributed by atoms with van der Waals surface area (Å²) in [7, 11) is -4.37. The van der Waals surface area contributed by atoms with Crippen LogP contribution in [0.15, 0.2) is 50.6 Å². The van der Waals surface area contributed by atoms with Gasteiger partial charge < -0.3 is 4.42 Å². The van der Waals surface area contributed by atoms with Crippen LogP contribution < -0.4 is 5.32 Å². The maximum absolute atomic E-state index is 14.0. The van der Waals surface area contributed by atoms with Crippen LogP contribution in [0, 0.1) is 11.6 Å². The van der Waals surface area contributed by atoms with Crippen molar-refractivity contribution < 1.29 is 30.4 Å². The van der Waals surface area contributed by atoms with E-state index in [-0.39, 0.29) is 16.2 Å². The van der Waals surface area contributed by atoms with E-state index in [0.29, 0.717) is 23.9 Å². The lowest BCUT2D eigenvalue weighted by Crippen LogP contribution is -2.49. The van der Waals surface area contributed by atoms with Crippen molar-refractivity contribution in [2.75, 3.05) is 6.54 Å². The second-order valence-corrected chi connectivity index (χ2v) is 8.72. The van der Waals surface area contributed by atoms with E-state index >= 15 is 0 Å². The Morgan fingerprint density at radius 1 is 1.18 bits per heavy atom. The number of hydrogen-bond acceptors (Lipinski definition) is 4. The number of hydrogen-bond donors (Lipinski definition) is 1. The quantitative estimate of drug-likeness (QED) is 0.655. The van der Waals surface area contributed by atoms with Crippen molar-refractivity contribution >= 4 is 20.8 Å². The fourth-order valence-corrected chi connectivity index (χ4v) is 4.84. The smallest absolute Gasteiger partial charge is 0.263 e. The van der Waals surface area contributed by atoms with Crippen LogP contribution in [-0.2, 0) is 21.8 Å². The number of fused-ring (bicyclic) bond motifs is 3. The van der Waals surface area contributed by atoms with Crippen LogP contribution in [0.25, 0.3) is 11.0 Å². The molecule has 0 fully saturated rings. The van der Waals surface area contributed by atoms with Crippen molar-refractivity contribution in [3.63, 3.8) is 0 Å². The Hall–Kier alpha value is -2.39. The van der Waals surface area contributed by atoms with Crippen molar-refractivity contribution in [2.45, 2.75) is 35.1 Å². The van der Waals surface area contributed by atoms with E-state index in [0.717, 1.165) is 24.3 Å². The molecule has 2 heterocycles. The molecule has 28 heavy (non-hydrogen) atoms. The average Bonchev–Trinajstić information content (AvgIpc) is 3.03. The minimum absolute atomic E-state index is 0.0511. The first-order valence-corrected chi connectivity index (χ1v) is 9.93. The van der Waals surface area contributed by atoms with Crippen LogP contribution in [0.3, 0.4) is 0 Å². The Kier molecular flexibility index (Phi) is 4.27. The molecule has 9 heteroatoms. The molecular formula is C19H15F4NO3S. The number of furan rings is 1. The first kappa shape index (κ1) is 18.9. The maximum atomic E-state index is 14.0. The lowest BCUT2D eigenvalue weighted by Gasteiger charge is -2.32. The van der Waals surface area contributed by atoms with Crippen molar-refractivity contribution in [3.8, 4) is 0 Å². The Labute approximate surface area is 158 Å². The summed E-state index contributed by atoms with van der Waals surface area (Å²) in [6, 6.07) is 6.70. The number of nitrogens with one attached hydrogen (secondary N) is 1. The first-order valence-electron chi connectivity index (χ1n) is 8.44. The molecule has 0 saturated heterocycles. The van der Waals surface area contributed by atoms with Gasteiger partial charge in [-0.2, -0.15) is 0 Å². The minimum Gasteiger partial charge on any atom is -0.459 e. The lowest BCUT2D eigenvalue weighted by atomic mass is 9.89. The van der Waals surface area contributed by atoms with Crippen molar-refractivity contribution in [2.24, 2.45) is 0 Å². The average molecular weight is 413 g/mol. The number of benzene rings is 2. The number of rotatable bonds is 3. The van der Waals surface area contributed by atoms with E-state index in [4.69, 9.17) is 4.42 Å². The Balaban J connectivity index is 1.89. The summed E-state index contributed by atoms with van der Waals surface area (Å²) < 4.78 is 85.8. The summed E-state index contributed by atoms with van der Waals surface area (Å²) in [6.07, 6.45) is -2.30. The zero-order valence-corrected chi connectivity index (χ0v) is 15.4. The molecule has 1 unspecified atom stereocenters. The third-order valence-electron chi connectivity index (χ3n) is 5.06. The van der Waals surface area contributed by atoms with Crippen LogP contribution in [0.1, 0.15) is 18.2 Å². The molecule has 4 rings (SSSR count). The van der Waals surface area contributed by atoms with E-state index in [1.807, 2.05) is 0 Å². The van der Waals surface area contributed by atoms with Gasteiger partial charge in [-0.25, -0.2) is 26.0 Å². The van der Waals surface area contributed by atoms with Gasteiger partial charge in [0.1, 0.15) is 21.8 Å². The Morgan fingerprint density at radius 2 is 1.93 bits per heavy atom.